The van der Waals surface area contributed by atoms with Crippen LogP contribution in [-0.4, -0.2) is 78.1 Å². The first kappa shape index (κ1) is 19.6. The maximum atomic E-state index is 12.7. The molecule has 1 saturated heterocycles. The van der Waals surface area contributed by atoms with Gasteiger partial charge in [0.05, 0.1) is 29.4 Å². The van der Waals surface area contributed by atoms with Gasteiger partial charge in [-0.25, -0.2) is 9.78 Å². The monoisotopic (exact) mass is 390 g/mol. The van der Waals surface area contributed by atoms with Gasteiger partial charge in [-0.3, -0.25) is 9.69 Å². The summed E-state index contributed by atoms with van der Waals surface area (Å²) in [5.41, 5.74) is 0.999. The van der Waals surface area contributed by atoms with Gasteiger partial charge >= 0.3 is 6.09 Å². The van der Waals surface area contributed by atoms with E-state index in [4.69, 9.17) is 9.72 Å². The molecule has 0 bridgehead atoms. The zero-order chi connectivity index (χ0) is 19.4. The number of carbonyl (C=O) groups is 2. The molecule has 0 saturated carbocycles. The largest absolute Gasteiger partial charge is 0.450 e. The average Bonchev–Trinajstić information content (AvgIpc) is 3.11. The Morgan fingerprint density at radius 2 is 1.89 bits per heavy atom. The zero-order valence-corrected chi connectivity index (χ0v) is 16.9. The third-order valence-electron chi connectivity index (χ3n) is 4.87. The lowest BCUT2D eigenvalue weighted by molar-refractivity contribution is -0.134. The first-order valence-corrected chi connectivity index (χ1v) is 10.1. The summed E-state index contributed by atoms with van der Waals surface area (Å²) in [5, 5.41) is 1.01. The predicted molar refractivity (Wildman–Crippen MR) is 106 cm³/mol. The van der Waals surface area contributed by atoms with Crippen LogP contribution in [0.3, 0.4) is 0 Å². The summed E-state index contributed by atoms with van der Waals surface area (Å²) in [6.07, 6.45) is -0.300. The van der Waals surface area contributed by atoms with Crippen LogP contribution in [0.25, 0.3) is 10.2 Å². The molecule has 0 N–H and O–H groups in total. The van der Waals surface area contributed by atoms with Gasteiger partial charge in [0.15, 0.2) is 0 Å². The number of hydrogen-bond acceptors (Lipinski definition) is 6. The molecule has 1 aliphatic rings. The number of ether oxygens (including phenoxy) is 1. The Bertz CT molecular complexity index is 768. The van der Waals surface area contributed by atoms with E-state index in [1.54, 1.807) is 23.2 Å². The number of fused-ring (bicyclic) bond motifs is 1. The number of nitrogens with zero attached hydrogens (tertiary/aromatic N) is 4. The molecule has 1 aliphatic heterocycles. The van der Waals surface area contributed by atoms with Crippen molar-refractivity contribution in [1.82, 2.24) is 19.7 Å². The molecule has 1 fully saturated rings. The number of hydrogen-bond donors (Lipinski definition) is 0. The first-order valence-electron chi connectivity index (χ1n) is 9.24. The van der Waals surface area contributed by atoms with Gasteiger partial charge in [-0.2, -0.15) is 0 Å². The molecule has 2 amide bonds. The van der Waals surface area contributed by atoms with Crippen molar-refractivity contribution in [2.45, 2.75) is 19.9 Å². The predicted octanol–water partition coefficient (Wildman–Crippen LogP) is 2.59. The van der Waals surface area contributed by atoms with Crippen LogP contribution < -0.4 is 0 Å². The summed E-state index contributed by atoms with van der Waals surface area (Å²) in [5.74, 6) is 0.0777. The van der Waals surface area contributed by atoms with Crippen molar-refractivity contribution < 1.29 is 14.3 Å². The van der Waals surface area contributed by atoms with Gasteiger partial charge in [0.1, 0.15) is 5.01 Å². The molecule has 0 spiro atoms. The van der Waals surface area contributed by atoms with Gasteiger partial charge in [0.2, 0.25) is 5.91 Å². The van der Waals surface area contributed by atoms with Gasteiger partial charge < -0.3 is 14.5 Å². The van der Waals surface area contributed by atoms with Crippen molar-refractivity contribution in [1.29, 1.82) is 0 Å². The number of likely N-dealkylation sites (N-methyl/N-ethyl adjacent to an activating group) is 1. The van der Waals surface area contributed by atoms with Gasteiger partial charge in [0, 0.05) is 26.2 Å². The highest BCUT2D eigenvalue weighted by molar-refractivity contribution is 7.18. The van der Waals surface area contributed by atoms with Crippen molar-refractivity contribution in [3.05, 3.63) is 29.3 Å². The molecule has 1 atom stereocenters. The van der Waals surface area contributed by atoms with E-state index in [9.17, 15) is 9.59 Å². The number of para-hydroxylation sites is 1. The van der Waals surface area contributed by atoms with Crippen LogP contribution in [-0.2, 0) is 9.53 Å². The maximum Gasteiger partial charge on any atom is 0.409 e. The summed E-state index contributed by atoms with van der Waals surface area (Å²) >= 11 is 1.67. The smallest absolute Gasteiger partial charge is 0.409 e. The minimum atomic E-state index is -0.300. The van der Waals surface area contributed by atoms with E-state index in [0.717, 1.165) is 15.2 Å². The molecule has 1 aromatic heterocycles. The number of amides is 2. The standard InChI is InChI=1S/C19H26N4O3S/c1-4-26-19(25)23-11-9-22(10-12-23)17(24)13-21(3)14(2)18-20-15-7-5-6-8-16(15)27-18/h5-8,14H,4,9-13H2,1-3H3/t14-/m0/s1. The van der Waals surface area contributed by atoms with Crippen LogP contribution in [0.4, 0.5) is 4.79 Å². The van der Waals surface area contributed by atoms with E-state index in [-0.39, 0.29) is 18.0 Å². The molecule has 0 aliphatic carbocycles. The van der Waals surface area contributed by atoms with Crippen molar-refractivity contribution in [3.8, 4) is 0 Å². The molecule has 8 heteroatoms. The fourth-order valence-corrected chi connectivity index (χ4v) is 4.15. The molecule has 1 aromatic carbocycles. The highest BCUT2D eigenvalue weighted by atomic mass is 32.1. The number of thiazole rings is 1. The van der Waals surface area contributed by atoms with E-state index in [0.29, 0.717) is 39.3 Å². The van der Waals surface area contributed by atoms with E-state index in [1.165, 1.54) is 0 Å². The fourth-order valence-electron chi connectivity index (χ4n) is 3.06. The van der Waals surface area contributed by atoms with Gasteiger partial charge in [0.25, 0.3) is 0 Å². The van der Waals surface area contributed by atoms with Crippen molar-refractivity contribution in [2.75, 3.05) is 46.4 Å². The van der Waals surface area contributed by atoms with Crippen LogP contribution in [0.2, 0.25) is 0 Å². The molecule has 146 valence electrons. The second kappa shape index (κ2) is 8.67. The number of piperazine rings is 1. The molecule has 0 radical (unpaired) electrons. The number of carbonyl (C=O) groups excluding carboxylic acids is 2. The Morgan fingerprint density at radius 3 is 2.56 bits per heavy atom. The summed E-state index contributed by atoms with van der Waals surface area (Å²) in [7, 11) is 1.95. The lowest BCUT2D eigenvalue weighted by atomic mass is 10.2. The Labute approximate surface area is 163 Å². The topological polar surface area (TPSA) is 66.0 Å². The molecule has 7 nitrogen and oxygen atoms in total. The lowest BCUT2D eigenvalue weighted by Gasteiger charge is -2.35. The average molecular weight is 391 g/mol. The summed E-state index contributed by atoms with van der Waals surface area (Å²) < 4.78 is 6.18. The summed E-state index contributed by atoms with van der Waals surface area (Å²) in [6.45, 7) is 6.68. The Hall–Kier alpha value is -2.19. The second-order valence-electron chi connectivity index (χ2n) is 6.68. The highest BCUT2D eigenvalue weighted by Gasteiger charge is 2.26. The van der Waals surface area contributed by atoms with E-state index < -0.39 is 0 Å². The molecule has 2 aromatic rings. The third kappa shape index (κ3) is 4.56. The molecular weight excluding hydrogens is 364 g/mol. The number of benzene rings is 1. The second-order valence-corrected chi connectivity index (χ2v) is 7.74. The van der Waals surface area contributed by atoms with Gasteiger partial charge in [-0.05, 0) is 33.0 Å². The Kier molecular flexibility index (Phi) is 6.28. The van der Waals surface area contributed by atoms with Crippen molar-refractivity contribution in [2.24, 2.45) is 0 Å². The van der Waals surface area contributed by atoms with Crippen LogP contribution in [0.1, 0.15) is 24.9 Å². The first-order chi connectivity index (χ1) is 13.0. The molecule has 27 heavy (non-hydrogen) atoms. The summed E-state index contributed by atoms with van der Waals surface area (Å²) in [4.78, 5) is 34.6. The fraction of sp³-hybridized carbons (Fsp3) is 0.526. The van der Waals surface area contributed by atoms with Crippen molar-refractivity contribution >= 4 is 33.6 Å². The normalized spacial score (nSPS) is 16.0. The van der Waals surface area contributed by atoms with Crippen LogP contribution >= 0.6 is 11.3 Å². The minimum absolute atomic E-state index is 0.0622. The quantitative estimate of drug-likeness (QED) is 0.785. The zero-order valence-electron chi connectivity index (χ0n) is 16.1. The molecule has 3 rings (SSSR count). The summed E-state index contributed by atoms with van der Waals surface area (Å²) in [6, 6.07) is 8.14. The molecule has 0 unspecified atom stereocenters. The van der Waals surface area contributed by atoms with Crippen molar-refractivity contribution in [3.63, 3.8) is 0 Å². The van der Waals surface area contributed by atoms with Gasteiger partial charge in [-0.1, -0.05) is 12.1 Å². The minimum Gasteiger partial charge on any atom is -0.450 e. The van der Waals surface area contributed by atoms with E-state index in [2.05, 4.69) is 13.0 Å². The number of rotatable bonds is 5. The Morgan fingerprint density at radius 1 is 1.22 bits per heavy atom. The van der Waals surface area contributed by atoms with E-state index in [1.807, 2.05) is 35.0 Å². The molecule has 2 heterocycles. The maximum absolute atomic E-state index is 12.7. The van der Waals surface area contributed by atoms with Crippen LogP contribution in [0.15, 0.2) is 24.3 Å². The highest BCUT2D eigenvalue weighted by Crippen LogP contribution is 2.28. The third-order valence-corrected chi connectivity index (χ3v) is 6.08. The number of aromatic nitrogens is 1. The van der Waals surface area contributed by atoms with Crippen LogP contribution in [0.5, 0.6) is 0 Å². The van der Waals surface area contributed by atoms with E-state index >= 15 is 0 Å². The Balaban J connectivity index is 1.53. The molecular formula is C19H26N4O3S. The SMILES string of the molecule is CCOC(=O)N1CCN(C(=O)CN(C)[C@@H](C)c2nc3ccccc3s2)CC1. The van der Waals surface area contributed by atoms with Gasteiger partial charge in [-0.15, -0.1) is 11.3 Å². The lowest BCUT2D eigenvalue weighted by Crippen LogP contribution is -2.52. The van der Waals surface area contributed by atoms with Crippen LogP contribution in [0, 0.1) is 0 Å².